The number of allylic oxidation sites excluding steroid dienone is 1. The summed E-state index contributed by atoms with van der Waals surface area (Å²) in [6.45, 7) is 1.86. The smallest absolute Gasteiger partial charge is 0.337 e. The predicted octanol–water partition coefficient (Wildman–Crippen LogP) is 4.41. The average Bonchev–Trinajstić information content (AvgIpc) is 3.29. The number of hydrogen-bond acceptors (Lipinski definition) is 4. The molecule has 8 heteroatoms. The summed E-state index contributed by atoms with van der Waals surface area (Å²) >= 11 is 11.7. The van der Waals surface area contributed by atoms with Gasteiger partial charge in [0.05, 0.1) is 25.1 Å². The van der Waals surface area contributed by atoms with Gasteiger partial charge in [0.25, 0.3) is 0 Å². The van der Waals surface area contributed by atoms with Crippen molar-refractivity contribution in [2.45, 2.75) is 13.0 Å². The van der Waals surface area contributed by atoms with Crippen LogP contribution in [0.1, 0.15) is 18.5 Å². The van der Waals surface area contributed by atoms with E-state index in [-0.39, 0.29) is 0 Å². The Morgan fingerprint density at radius 1 is 1.13 bits per heavy atom. The molecule has 1 N–H and O–H groups in total. The fraction of sp³-hybridized carbons (Fsp3) is 0.136. The van der Waals surface area contributed by atoms with Gasteiger partial charge in [-0.25, -0.2) is 9.78 Å². The van der Waals surface area contributed by atoms with Crippen LogP contribution in [-0.2, 0) is 9.53 Å². The van der Waals surface area contributed by atoms with Crippen LogP contribution in [0.4, 0.5) is 5.69 Å². The molecular weight excluding hydrogens is 420 g/mol. The molecule has 3 aromatic rings. The van der Waals surface area contributed by atoms with E-state index in [0.29, 0.717) is 21.4 Å². The van der Waals surface area contributed by atoms with Crippen molar-refractivity contribution in [2.24, 2.45) is 0 Å². The summed E-state index contributed by atoms with van der Waals surface area (Å²) in [6, 6.07) is 14.7. The van der Waals surface area contributed by atoms with E-state index in [0.717, 1.165) is 16.9 Å². The highest BCUT2D eigenvalue weighted by Crippen LogP contribution is 2.34. The monoisotopic (exact) mass is 438 g/mol. The highest BCUT2D eigenvalue weighted by Gasteiger charge is 2.35. The number of rotatable bonds is 4. The van der Waals surface area contributed by atoms with Gasteiger partial charge >= 0.3 is 5.97 Å². The van der Waals surface area contributed by atoms with Crippen LogP contribution in [0.2, 0.25) is 5.02 Å². The third-order valence-electron chi connectivity index (χ3n) is 5.00. The van der Waals surface area contributed by atoms with Crippen LogP contribution in [0.15, 0.2) is 78.5 Å². The molecule has 1 aliphatic rings. The SMILES string of the molecule is COC(=O)C1=C(C)N(c2ccc(Cl)cc2)C(=S)N[C@H]1c1ccc(-n2ccnc2)cc1. The standard InChI is InChI=1S/C22H19ClN4O2S/c1-14-19(21(28)29-2)20(15-3-7-17(8-4-15)26-12-11-24-13-26)25-22(30)27(14)18-9-5-16(23)6-10-18/h3-13,20H,1-2H3,(H,25,30)/t20-/m0/s1. The number of nitrogens with zero attached hydrogens (tertiary/aromatic N) is 3. The maximum absolute atomic E-state index is 12.7. The Morgan fingerprint density at radius 2 is 1.80 bits per heavy atom. The minimum Gasteiger partial charge on any atom is -0.466 e. The van der Waals surface area contributed by atoms with Crippen LogP contribution in [0.5, 0.6) is 0 Å². The molecule has 1 atom stereocenters. The lowest BCUT2D eigenvalue weighted by atomic mass is 9.94. The first-order chi connectivity index (χ1) is 14.5. The van der Waals surface area contributed by atoms with Crippen molar-refractivity contribution in [3.63, 3.8) is 0 Å². The molecule has 0 spiro atoms. The zero-order chi connectivity index (χ0) is 21.3. The van der Waals surface area contributed by atoms with E-state index in [2.05, 4.69) is 10.3 Å². The second-order valence-corrected chi connectivity index (χ2v) is 7.57. The van der Waals surface area contributed by atoms with Crippen LogP contribution in [0.25, 0.3) is 5.69 Å². The number of esters is 1. The quantitative estimate of drug-likeness (QED) is 0.481. The zero-order valence-corrected chi connectivity index (χ0v) is 17.9. The maximum atomic E-state index is 12.7. The lowest BCUT2D eigenvalue weighted by Crippen LogP contribution is -2.48. The first kappa shape index (κ1) is 20.1. The number of hydrogen-bond donors (Lipinski definition) is 1. The van der Waals surface area contributed by atoms with Crippen LogP contribution in [0, 0.1) is 0 Å². The number of aromatic nitrogens is 2. The van der Waals surface area contributed by atoms with Gasteiger partial charge in [-0.1, -0.05) is 23.7 Å². The molecule has 6 nitrogen and oxygen atoms in total. The van der Waals surface area contributed by atoms with E-state index in [1.165, 1.54) is 7.11 Å². The van der Waals surface area contributed by atoms with E-state index < -0.39 is 12.0 Å². The first-order valence-corrected chi connectivity index (χ1v) is 10.0. The molecule has 2 aromatic carbocycles. The number of methoxy groups -OCH3 is 1. The fourth-order valence-electron chi connectivity index (χ4n) is 3.52. The molecule has 0 saturated carbocycles. The number of carbonyl (C=O) groups excluding carboxylic acids is 1. The normalized spacial score (nSPS) is 16.4. The van der Waals surface area contributed by atoms with Gasteiger partial charge in [-0.3, -0.25) is 4.90 Å². The van der Waals surface area contributed by atoms with Gasteiger partial charge in [0, 0.05) is 34.5 Å². The molecule has 0 aliphatic carbocycles. The summed E-state index contributed by atoms with van der Waals surface area (Å²) in [5.74, 6) is -0.412. The number of imidazole rings is 1. The molecule has 0 amide bonds. The molecule has 1 aromatic heterocycles. The second-order valence-electron chi connectivity index (χ2n) is 6.75. The topological polar surface area (TPSA) is 59.4 Å². The number of thiocarbonyl (C=S) groups is 1. The number of benzene rings is 2. The zero-order valence-electron chi connectivity index (χ0n) is 16.4. The minimum atomic E-state index is -0.426. The molecule has 0 bridgehead atoms. The third kappa shape index (κ3) is 3.69. The Bertz CT molecular complexity index is 1110. The van der Waals surface area contributed by atoms with Crippen molar-refractivity contribution in [3.05, 3.63) is 89.1 Å². The van der Waals surface area contributed by atoms with E-state index in [4.69, 9.17) is 28.6 Å². The number of anilines is 1. The maximum Gasteiger partial charge on any atom is 0.337 e. The number of ether oxygens (including phenoxy) is 1. The molecule has 1 aliphatic heterocycles. The van der Waals surface area contributed by atoms with Gasteiger partial charge in [0.15, 0.2) is 5.11 Å². The Kier molecular flexibility index (Phi) is 5.57. The summed E-state index contributed by atoms with van der Waals surface area (Å²) < 4.78 is 7.00. The molecule has 0 unspecified atom stereocenters. The van der Waals surface area contributed by atoms with E-state index >= 15 is 0 Å². The lowest BCUT2D eigenvalue weighted by Gasteiger charge is -2.37. The highest BCUT2D eigenvalue weighted by atomic mass is 35.5. The fourth-order valence-corrected chi connectivity index (χ4v) is 4.01. The number of halogens is 1. The highest BCUT2D eigenvalue weighted by molar-refractivity contribution is 7.80. The third-order valence-corrected chi connectivity index (χ3v) is 5.56. The molecule has 0 saturated heterocycles. The van der Waals surface area contributed by atoms with Crippen LogP contribution >= 0.6 is 23.8 Å². The van der Waals surface area contributed by atoms with Crippen molar-refractivity contribution >= 4 is 40.6 Å². The van der Waals surface area contributed by atoms with Crippen molar-refractivity contribution in [1.82, 2.24) is 14.9 Å². The van der Waals surface area contributed by atoms with Gasteiger partial charge in [-0.05, 0) is 61.1 Å². The van der Waals surface area contributed by atoms with Crippen molar-refractivity contribution in [1.29, 1.82) is 0 Å². The molecular formula is C22H19ClN4O2S. The van der Waals surface area contributed by atoms with Gasteiger partial charge < -0.3 is 14.6 Å². The average molecular weight is 439 g/mol. The molecule has 30 heavy (non-hydrogen) atoms. The lowest BCUT2D eigenvalue weighted by molar-refractivity contribution is -0.136. The van der Waals surface area contributed by atoms with Crippen LogP contribution < -0.4 is 10.2 Å². The van der Waals surface area contributed by atoms with Crippen LogP contribution in [0.3, 0.4) is 0 Å². The van der Waals surface area contributed by atoms with E-state index in [1.54, 1.807) is 24.7 Å². The van der Waals surface area contributed by atoms with Crippen LogP contribution in [-0.4, -0.2) is 27.7 Å². The summed E-state index contributed by atoms with van der Waals surface area (Å²) in [7, 11) is 1.38. The molecule has 0 radical (unpaired) electrons. The molecule has 4 rings (SSSR count). The Labute approximate surface area is 184 Å². The summed E-state index contributed by atoms with van der Waals surface area (Å²) in [5.41, 5.74) is 3.88. The first-order valence-electron chi connectivity index (χ1n) is 9.23. The van der Waals surface area contributed by atoms with Crippen molar-refractivity contribution < 1.29 is 9.53 Å². The van der Waals surface area contributed by atoms with Gasteiger partial charge in [0.2, 0.25) is 0 Å². The molecule has 0 fully saturated rings. The van der Waals surface area contributed by atoms with E-state index in [1.807, 2.05) is 59.0 Å². The largest absolute Gasteiger partial charge is 0.466 e. The number of nitrogens with one attached hydrogen (secondary N) is 1. The van der Waals surface area contributed by atoms with Gasteiger partial charge in [-0.15, -0.1) is 0 Å². The molecule has 152 valence electrons. The molecule has 2 heterocycles. The van der Waals surface area contributed by atoms with Gasteiger partial charge in [-0.2, -0.15) is 0 Å². The summed E-state index contributed by atoms with van der Waals surface area (Å²) in [5, 5.41) is 4.41. The minimum absolute atomic E-state index is 0.412. The summed E-state index contributed by atoms with van der Waals surface area (Å²) in [6.07, 6.45) is 5.33. The Hall–Kier alpha value is -3.16. The Morgan fingerprint density at radius 3 is 2.40 bits per heavy atom. The Balaban J connectivity index is 1.75. The van der Waals surface area contributed by atoms with Crippen molar-refractivity contribution in [2.75, 3.05) is 12.0 Å². The van der Waals surface area contributed by atoms with E-state index in [9.17, 15) is 4.79 Å². The second kappa shape index (κ2) is 8.30. The summed E-state index contributed by atoms with van der Waals surface area (Å²) in [4.78, 5) is 18.6. The predicted molar refractivity (Wildman–Crippen MR) is 121 cm³/mol. The van der Waals surface area contributed by atoms with Gasteiger partial charge in [0.1, 0.15) is 0 Å². The number of carbonyl (C=O) groups is 1. The van der Waals surface area contributed by atoms with Crippen molar-refractivity contribution in [3.8, 4) is 5.69 Å².